The molecule has 0 spiro atoms. The number of aryl methyl sites for hydroxylation is 1. The molecule has 2 aromatic rings. The highest BCUT2D eigenvalue weighted by atomic mass is 16.3. The van der Waals surface area contributed by atoms with Crippen LogP contribution in [-0.2, 0) is 9.59 Å². The minimum absolute atomic E-state index is 0.0247. The lowest BCUT2D eigenvalue weighted by atomic mass is 10.0. The van der Waals surface area contributed by atoms with E-state index in [1.54, 1.807) is 12.1 Å². The van der Waals surface area contributed by atoms with Gasteiger partial charge >= 0.3 is 11.8 Å². The Labute approximate surface area is 148 Å². The predicted molar refractivity (Wildman–Crippen MR) is 98.3 cm³/mol. The maximum atomic E-state index is 12.0. The van der Waals surface area contributed by atoms with Crippen LogP contribution in [0.2, 0.25) is 0 Å². The number of carbonyl (C=O) groups is 2. The molecule has 132 valence electrons. The highest BCUT2D eigenvalue weighted by molar-refractivity contribution is 6.39. The molecule has 0 saturated heterocycles. The van der Waals surface area contributed by atoms with E-state index in [0.29, 0.717) is 11.6 Å². The van der Waals surface area contributed by atoms with Crippen LogP contribution in [0.3, 0.4) is 0 Å². The third-order valence-corrected chi connectivity index (χ3v) is 4.02. The summed E-state index contributed by atoms with van der Waals surface area (Å²) in [7, 11) is 0. The van der Waals surface area contributed by atoms with Crippen LogP contribution >= 0.6 is 0 Å². The quantitative estimate of drug-likeness (QED) is 0.732. The summed E-state index contributed by atoms with van der Waals surface area (Å²) in [6.07, 6.45) is -0.859. The van der Waals surface area contributed by atoms with Gasteiger partial charge in [0.2, 0.25) is 0 Å². The van der Waals surface area contributed by atoms with Crippen molar-refractivity contribution in [3.8, 4) is 0 Å². The summed E-state index contributed by atoms with van der Waals surface area (Å²) in [6, 6.07) is 14.8. The van der Waals surface area contributed by atoms with Crippen LogP contribution in [0.5, 0.6) is 0 Å². The number of aliphatic hydroxyl groups is 1. The second-order valence-corrected chi connectivity index (χ2v) is 6.32. The molecule has 0 aliphatic heterocycles. The monoisotopic (exact) mass is 340 g/mol. The lowest BCUT2D eigenvalue weighted by Crippen LogP contribution is -2.37. The number of hydrogen-bond acceptors (Lipinski definition) is 3. The molecule has 0 heterocycles. The summed E-state index contributed by atoms with van der Waals surface area (Å²) < 4.78 is 0. The molecule has 0 radical (unpaired) electrons. The van der Waals surface area contributed by atoms with Crippen LogP contribution in [0.4, 0.5) is 5.69 Å². The van der Waals surface area contributed by atoms with Gasteiger partial charge in [-0.15, -0.1) is 0 Å². The van der Waals surface area contributed by atoms with E-state index >= 15 is 0 Å². The molecule has 0 aromatic heterocycles. The van der Waals surface area contributed by atoms with Gasteiger partial charge in [-0.3, -0.25) is 9.59 Å². The molecule has 0 saturated carbocycles. The van der Waals surface area contributed by atoms with Crippen LogP contribution < -0.4 is 10.6 Å². The Kier molecular flexibility index (Phi) is 6.31. The van der Waals surface area contributed by atoms with Gasteiger partial charge in [0.25, 0.3) is 0 Å². The average Bonchev–Trinajstić information content (AvgIpc) is 2.59. The second kappa shape index (κ2) is 8.44. The van der Waals surface area contributed by atoms with Gasteiger partial charge in [0, 0.05) is 12.2 Å². The number of carbonyl (C=O) groups excluding carboxylic acids is 2. The van der Waals surface area contributed by atoms with Crippen molar-refractivity contribution in [2.45, 2.75) is 32.8 Å². The van der Waals surface area contributed by atoms with Gasteiger partial charge in [0.1, 0.15) is 0 Å². The highest BCUT2D eigenvalue weighted by Crippen LogP contribution is 2.18. The van der Waals surface area contributed by atoms with Gasteiger partial charge in [-0.05, 0) is 41.7 Å². The van der Waals surface area contributed by atoms with E-state index < -0.39 is 17.9 Å². The number of anilines is 1. The Balaban J connectivity index is 1.91. The number of nitrogens with one attached hydrogen (secondary N) is 2. The highest BCUT2D eigenvalue weighted by Gasteiger charge is 2.17. The minimum Gasteiger partial charge on any atom is -0.387 e. The summed E-state index contributed by atoms with van der Waals surface area (Å²) in [4.78, 5) is 24.0. The van der Waals surface area contributed by atoms with E-state index in [9.17, 15) is 14.7 Å². The normalized spacial score (nSPS) is 11.9. The first-order valence-corrected chi connectivity index (χ1v) is 8.31. The number of aliphatic hydroxyl groups excluding tert-OH is 1. The van der Waals surface area contributed by atoms with E-state index in [4.69, 9.17) is 0 Å². The molecule has 5 nitrogen and oxygen atoms in total. The van der Waals surface area contributed by atoms with Crippen LogP contribution in [0.1, 0.15) is 42.6 Å². The third kappa shape index (κ3) is 5.16. The molecule has 2 amide bonds. The number of amides is 2. The Morgan fingerprint density at radius 3 is 2.44 bits per heavy atom. The van der Waals surface area contributed by atoms with E-state index in [-0.39, 0.29) is 6.54 Å². The summed E-state index contributed by atoms with van der Waals surface area (Å²) in [5.41, 5.74) is 3.31. The van der Waals surface area contributed by atoms with Crippen molar-refractivity contribution in [2.75, 3.05) is 11.9 Å². The summed E-state index contributed by atoms with van der Waals surface area (Å²) in [6.45, 7) is 5.97. The first-order valence-electron chi connectivity index (χ1n) is 8.31. The maximum absolute atomic E-state index is 12.0. The average molecular weight is 340 g/mol. The van der Waals surface area contributed by atoms with Crippen molar-refractivity contribution in [2.24, 2.45) is 0 Å². The number of benzene rings is 2. The fourth-order valence-corrected chi connectivity index (χ4v) is 2.50. The molecule has 3 N–H and O–H groups in total. The standard InChI is InChI=1S/C20H24N2O3/c1-13(2)15-8-6-9-16(11-15)22-20(25)19(24)21-12-18(23)17-10-5-4-7-14(17)3/h4-11,13,18,23H,12H2,1-3H3,(H,21,24)(H,22,25). The van der Waals surface area contributed by atoms with Gasteiger partial charge in [0.15, 0.2) is 0 Å². The maximum Gasteiger partial charge on any atom is 0.313 e. The molecule has 0 aliphatic carbocycles. The van der Waals surface area contributed by atoms with Gasteiger partial charge < -0.3 is 15.7 Å². The van der Waals surface area contributed by atoms with Crippen molar-refractivity contribution >= 4 is 17.5 Å². The van der Waals surface area contributed by atoms with Crippen LogP contribution in [0.15, 0.2) is 48.5 Å². The Bertz CT molecular complexity index is 756. The van der Waals surface area contributed by atoms with E-state index in [0.717, 1.165) is 16.7 Å². The van der Waals surface area contributed by atoms with Crippen LogP contribution in [0, 0.1) is 6.92 Å². The SMILES string of the molecule is Cc1ccccc1C(O)CNC(=O)C(=O)Nc1cccc(C(C)C)c1. The van der Waals surface area contributed by atoms with Gasteiger partial charge in [0.05, 0.1) is 6.10 Å². The Morgan fingerprint density at radius 2 is 1.76 bits per heavy atom. The van der Waals surface area contributed by atoms with Crippen molar-refractivity contribution < 1.29 is 14.7 Å². The van der Waals surface area contributed by atoms with Crippen molar-refractivity contribution in [3.63, 3.8) is 0 Å². The second-order valence-electron chi connectivity index (χ2n) is 6.32. The molecule has 1 atom stereocenters. The zero-order valence-electron chi connectivity index (χ0n) is 14.7. The number of hydrogen-bond donors (Lipinski definition) is 3. The lowest BCUT2D eigenvalue weighted by Gasteiger charge is -2.14. The van der Waals surface area contributed by atoms with Gasteiger partial charge in [-0.25, -0.2) is 0 Å². The molecule has 25 heavy (non-hydrogen) atoms. The predicted octanol–water partition coefficient (Wildman–Crippen LogP) is 2.91. The smallest absolute Gasteiger partial charge is 0.313 e. The zero-order valence-corrected chi connectivity index (χ0v) is 14.7. The first-order chi connectivity index (χ1) is 11.9. The lowest BCUT2D eigenvalue weighted by molar-refractivity contribution is -0.136. The Morgan fingerprint density at radius 1 is 1.04 bits per heavy atom. The minimum atomic E-state index is -0.859. The van der Waals surface area contributed by atoms with E-state index in [2.05, 4.69) is 24.5 Å². The molecule has 1 unspecified atom stereocenters. The van der Waals surface area contributed by atoms with E-state index in [1.807, 2.05) is 43.3 Å². The molecular formula is C20H24N2O3. The van der Waals surface area contributed by atoms with Crippen molar-refractivity contribution in [1.29, 1.82) is 0 Å². The number of rotatable bonds is 5. The third-order valence-electron chi connectivity index (χ3n) is 4.02. The zero-order chi connectivity index (χ0) is 18.4. The summed E-state index contributed by atoms with van der Waals surface area (Å²) in [5.74, 6) is -1.20. The van der Waals surface area contributed by atoms with Crippen LogP contribution in [0.25, 0.3) is 0 Å². The first kappa shape index (κ1) is 18.7. The summed E-state index contributed by atoms with van der Waals surface area (Å²) >= 11 is 0. The largest absolute Gasteiger partial charge is 0.387 e. The molecule has 5 heteroatoms. The molecule has 0 bridgehead atoms. The van der Waals surface area contributed by atoms with E-state index in [1.165, 1.54) is 0 Å². The van der Waals surface area contributed by atoms with Gasteiger partial charge in [-0.1, -0.05) is 50.2 Å². The molecule has 2 rings (SSSR count). The molecule has 2 aromatic carbocycles. The van der Waals surface area contributed by atoms with Crippen molar-refractivity contribution in [3.05, 3.63) is 65.2 Å². The molecule has 0 fully saturated rings. The summed E-state index contributed by atoms with van der Waals surface area (Å²) in [5, 5.41) is 15.2. The van der Waals surface area contributed by atoms with Crippen molar-refractivity contribution in [1.82, 2.24) is 5.32 Å². The molecular weight excluding hydrogens is 316 g/mol. The fourth-order valence-electron chi connectivity index (χ4n) is 2.50. The fraction of sp³-hybridized carbons (Fsp3) is 0.300. The Hall–Kier alpha value is -2.66. The van der Waals surface area contributed by atoms with Crippen LogP contribution in [-0.4, -0.2) is 23.5 Å². The molecule has 0 aliphatic rings. The van der Waals surface area contributed by atoms with Gasteiger partial charge in [-0.2, -0.15) is 0 Å². The topological polar surface area (TPSA) is 78.4 Å².